The van der Waals surface area contributed by atoms with Crippen LogP contribution in [-0.4, -0.2) is 11.1 Å². The van der Waals surface area contributed by atoms with Crippen LogP contribution in [0.1, 0.15) is 27.8 Å². The van der Waals surface area contributed by atoms with E-state index in [1.165, 1.54) is 16.7 Å². The number of carboxylic acids is 1. The van der Waals surface area contributed by atoms with Gasteiger partial charge in [-0.3, -0.25) is 4.79 Å². The molecule has 2 aromatic carbocycles. The fraction of sp³-hybridized carbons (Fsp3) is 0.316. The number of hydrogen-bond acceptors (Lipinski definition) is 1. The molecule has 0 fully saturated rings. The predicted octanol–water partition coefficient (Wildman–Crippen LogP) is 4.10. The zero-order valence-corrected chi connectivity index (χ0v) is 12.9. The molecule has 21 heavy (non-hydrogen) atoms. The van der Waals surface area contributed by atoms with Gasteiger partial charge in [-0.2, -0.15) is 0 Å². The van der Waals surface area contributed by atoms with Crippen LogP contribution >= 0.6 is 0 Å². The molecule has 0 aliphatic heterocycles. The molecule has 0 saturated carbocycles. The summed E-state index contributed by atoms with van der Waals surface area (Å²) in [6, 6.07) is 14.3. The molecule has 0 aliphatic rings. The molecule has 2 heteroatoms. The molecular weight excluding hydrogens is 260 g/mol. The summed E-state index contributed by atoms with van der Waals surface area (Å²) in [5.74, 6) is -1.11. The molecule has 1 unspecified atom stereocenters. The molecule has 2 rings (SSSR count). The number of carbonyl (C=O) groups is 1. The fourth-order valence-corrected chi connectivity index (χ4v) is 2.59. The minimum absolute atomic E-state index is 0.381. The summed E-state index contributed by atoms with van der Waals surface area (Å²) in [5.41, 5.74) is 5.81. The van der Waals surface area contributed by atoms with Crippen molar-refractivity contribution >= 4 is 5.97 Å². The standard InChI is InChI=1S/C19H22O2/c1-13-5-4-6-16(9-13)11-18(19(20)21)12-17-8-7-14(2)15(3)10-17/h4-10,18H,11-12H2,1-3H3,(H,20,21). The Bertz CT molecular complexity index is 644. The van der Waals surface area contributed by atoms with Crippen LogP contribution in [0.3, 0.4) is 0 Å². The zero-order chi connectivity index (χ0) is 15.4. The summed E-state index contributed by atoms with van der Waals surface area (Å²) in [5, 5.41) is 9.49. The third kappa shape index (κ3) is 4.19. The lowest BCUT2D eigenvalue weighted by Crippen LogP contribution is -2.19. The summed E-state index contributed by atoms with van der Waals surface area (Å²) < 4.78 is 0. The molecule has 1 atom stereocenters. The summed E-state index contributed by atoms with van der Waals surface area (Å²) >= 11 is 0. The van der Waals surface area contributed by atoms with E-state index in [0.29, 0.717) is 12.8 Å². The zero-order valence-electron chi connectivity index (χ0n) is 12.9. The molecule has 0 spiro atoms. The lowest BCUT2D eigenvalue weighted by atomic mass is 9.91. The van der Waals surface area contributed by atoms with Gasteiger partial charge in [0, 0.05) is 0 Å². The van der Waals surface area contributed by atoms with E-state index in [1.807, 2.05) is 31.2 Å². The van der Waals surface area contributed by atoms with Gasteiger partial charge in [0.1, 0.15) is 0 Å². The molecule has 1 N–H and O–H groups in total. The normalized spacial score (nSPS) is 12.1. The minimum Gasteiger partial charge on any atom is -0.481 e. The highest BCUT2D eigenvalue weighted by Gasteiger charge is 2.19. The van der Waals surface area contributed by atoms with Gasteiger partial charge < -0.3 is 5.11 Å². The van der Waals surface area contributed by atoms with Crippen molar-refractivity contribution < 1.29 is 9.90 Å². The van der Waals surface area contributed by atoms with Crippen LogP contribution in [0.15, 0.2) is 42.5 Å². The van der Waals surface area contributed by atoms with Crippen LogP contribution in [0.2, 0.25) is 0 Å². The van der Waals surface area contributed by atoms with Gasteiger partial charge >= 0.3 is 5.97 Å². The number of aliphatic carboxylic acids is 1. The van der Waals surface area contributed by atoms with Crippen molar-refractivity contribution in [2.45, 2.75) is 33.6 Å². The Kier molecular flexibility index (Phi) is 4.79. The van der Waals surface area contributed by atoms with Crippen molar-refractivity contribution in [1.29, 1.82) is 0 Å². The van der Waals surface area contributed by atoms with Crippen LogP contribution < -0.4 is 0 Å². The third-order valence-electron chi connectivity index (χ3n) is 3.97. The summed E-state index contributed by atoms with van der Waals surface area (Å²) in [6.07, 6.45) is 1.15. The Morgan fingerprint density at radius 3 is 2.19 bits per heavy atom. The Morgan fingerprint density at radius 1 is 0.952 bits per heavy atom. The van der Waals surface area contributed by atoms with E-state index in [2.05, 4.69) is 32.0 Å². The minimum atomic E-state index is -0.727. The molecule has 2 aromatic rings. The highest BCUT2D eigenvalue weighted by molar-refractivity contribution is 5.71. The topological polar surface area (TPSA) is 37.3 Å². The number of carboxylic acid groups (broad SMARTS) is 1. The number of aryl methyl sites for hydroxylation is 3. The second-order valence-electron chi connectivity index (χ2n) is 5.85. The van der Waals surface area contributed by atoms with Gasteiger partial charge in [0.25, 0.3) is 0 Å². The van der Waals surface area contributed by atoms with Gasteiger partial charge in [0.15, 0.2) is 0 Å². The third-order valence-corrected chi connectivity index (χ3v) is 3.97. The maximum atomic E-state index is 11.5. The second kappa shape index (κ2) is 6.57. The quantitative estimate of drug-likeness (QED) is 0.896. The van der Waals surface area contributed by atoms with Gasteiger partial charge in [-0.15, -0.1) is 0 Å². The van der Waals surface area contributed by atoms with Gasteiger partial charge in [-0.05, 0) is 55.9 Å². The van der Waals surface area contributed by atoms with E-state index in [9.17, 15) is 9.90 Å². The lowest BCUT2D eigenvalue weighted by molar-refractivity contribution is -0.141. The smallest absolute Gasteiger partial charge is 0.307 e. The first kappa shape index (κ1) is 15.3. The van der Waals surface area contributed by atoms with Crippen LogP contribution in [0.5, 0.6) is 0 Å². The fourth-order valence-electron chi connectivity index (χ4n) is 2.59. The summed E-state index contributed by atoms with van der Waals surface area (Å²) in [7, 11) is 0. The molecule has 0 amide bonds. The van der Waals surface area contributed by atoms with Crippen molar-refractivity contribution in [1.82, 2.24) is 0 Å². The van der Waals surface area contributed by atoms with Crippen molar-refractivity contribution in [3.8, 4) is 0 Å². The largest absolute Gasteiger partial charge is 0.481 e. The average Bonchev–Trinajstić information content (AvgIpc) is 2.42. The molecule has 0 bridgehead atoms. The first-order valence-corrected chi connectivity index (χ1v) is 7.30. The SMILES string of the molecule is Cc1cccc(CC(Cc2ccc(C)c(C)c2)C(=O)O)c1. The Morgan fingerprint density at radius 2 is 1.62 bits per heavy atom. The number of hydrogen-bond donors (Lipinski definition) is 1. The highest BCUT2D eigenvalue weighted by Crippen LogP contribution is 2.18. The molecule has 0 radical (unpaired) electrons. The van der Waals surface area contributed by atoms with Crippen LogP contribution in [0.25, 0.3) is 0 Å². The molecular formula is C19H22O2. The predicted molar refractivity (Wildman–Crippen MR) is 85.6 cm³/mol. The van der Waals surface area contributed by atoms with Crippen molar-refractivity contribution in [2.75, 3.05) is 0 Å². The van der Waals surface area contributed by atoms with E-state index in [-0.39, 0.29) is 5.92 Å². The van der Waals surface area contributed by atoms with Gasteiger partial charge in [-0.1, -0.05) is 48.0 Å². The van der Waals surface area contributed by atoms with E-state index < -0.39 is 5.97 Å². The van der Waals surface area contributed by atoms with E-state index in [1.54, 1.807) is 0 Å². The van der Waals surface area contributed by atoms with Crippen LogP contribution in [-0.2, 0) is 17.6 Å². The van der Waals surface area contributed by atoms with Gasteiger partial charge in [-0.25, -0.2) is 0 Å². The van der Waals surface area contributed by atoms with Crippen molar-refractivity contribution in [3.05, 3.63) is 70.3 Å². The van der Waals surface area contributed by atoms with E-state index in [4.69, 9.17) is 0 Å². The monoisotopic (exact) mass is 282 g/mol. The summed E-state index contributed by atoms with van der Waals surface area (Å²) in [6.45, 7) is 6.16. The van der Waals surface area contributed by atoms with Crippen LogP contribution in [0.4, 0.5) is 0 Å². The molecule has 0 aliphatic carbocycles. The second-order valence-corrected chi connectivity index (χ2v) is 5.85. The van der Waals surface area contributed by atoms with Crippen molar-refractivity contribution in [2.24, 2.45) is 5.92 Å². The maximum Gasteiger partial charge on any atom is 0.307 e. The Labute approximate surface area is 126 Å². The van der Waals surface area contributed by atoms with E-state index >= 15 is 0 Å². The first-order chi connectivity index (χ1) is 9.95. The Hall–Kier alpha value is -2.09. The molecule has 0 saturated heterocycles. The van der Waals surface area contributed by atoms with Gasteiger partial charge in [0.05, 0.1) is 5.92 Å². The van der Waals surface area contributed by atoms with Crippen molar-refractivity contribution in [3.63, 3.8) is 0 Å². The molecule has 110 valence electrons. The highest BCUT2D eigenvalue weighted by atomic mass is 16.4. The number of benzene rings is 2. The van der Waals surface area contributed by atoms with Gasteiger partial charge in [0.2, 0.25) is 0 Å². The Balaban J connectivity index is 2.15. The summed E-state index contributed by atoms with van der Waals surface area (Å²) in [4.78, 5) is 11.5. The maximum absolute atomic E-state index is 11.5. The first-order valence-electron chi connectivity index (χ1n) is 7.30. The number of rotatable bonds is 5. The molecule has 2 nitrogen and oxygen atoms in total. The van der Waals surface area contributed by atoms with E-state index in [0.717, 1.165) is 11.1 Å². The lowest BCUT2D eigenvalue weighted by Gasteiger charge is -2.14. The van der Waals surface area contributed by atoms with Crippen LogP contribution in [0, 0.1) is 26.7 Å². The average molecular weight is 282 g/mol. The molecule has 0 heterocycles. The molecule has 0 aromatic heterocycles.